The molecule has 8 nitrogen and oxygen atoms in total. The maximum Gasteiger partial charge on any atom is 0.254 e. The topological polar surface area (TPSA) is 104 Å². The van der Waals surface area contributed by atoms with Crippen LogP contribution in [0.1, 0.15) is 29.3 Å². The van der Waals surface area contributed by atoms with Crippen LogP contribution in [-0.4, -0.2) is 64.7 Å². The number of aryl methyl sites for hydroxylation is 1. The maximum absolute atomic E-state index is 13.2. The van der Waals surface area contributed by atoms with Crippen molar-refractivity contribution in [2.45, 2.75) is 30.1 Å². The molecule has 1 N–H and O–H groups in total. The van der Waals surface area contributed by atoms with Crippen molar-refractivity contribution in [3.63, 3.8) is 0 Å². The highest BCUT2D eigenvalue weighted by Gasteiger charge is 2.29. The third-order valence-corrected chi connectivity index (χ3v) is 8.73. The van der Waals surface area contributed by atoms with Gasteiger partial charge in [-0.3, -0.25) is 4.79 Å². The van der Waals surface area contributed by atoms with Crippen LogP contribution in [0.5, 0.6) is 0 Å². The quantitative estimate of drug-likeness (QED) is 0.677. The van der Waals surface area contributed by atoms with Crippen LogP contribution >= 0.6 is 0 Å². The zero-order valence-electron chi connectivity index (χ0n) is 17.9. The molecule has 0 bridgehead atoms. The number of sulfonamides is 2. The number of halogens is 1. The van der Waals surface area contributed by atoms with Gasteiger partial charge in [-0.2, -0.15) is 4.31 Å². The highest BCUT2D eigenvalue weighted by molar-refractivity contribution is 7.89. The van der Waals surface area contributed by atoms with E-state index in [1.165, 1.54) is 33.5 Å². The second-order valence-corrected chi connectivity index (χ2v) is 11.2. The summed E-state index contributed by atoms with van der Waals surface area (Å²) in [6.45, 7) is 4.41. The van der Waals surface area contributed by atoms with Gasteiger partial charge in [-0.15, -0.1) is 0 Å². The van der Waals surface area contributed by atoms with E-state index in [0.717, 1.165) is 12.1 Å². The maximum atomic E-state index is 13.2. The lowest BCUT2D eigenvalue weighted by Crippen LogP contribution is -2.37. The lowest BCUT2D eigenvalue weighted by atomic mass is 10.1. The molecule has 3 rings (SSSR count). The molecule has 1 aliphatic rings. The van der Waals surface area contributed by atoms with Gasteiger partial charge in [0.05, 0.1) is 9.79 Å². The first kappa shape index (κ1) is 24.3. The van der Waals surface area contributed by atoms with Gasteiger partial charge in [-0.25, -0.2) is 25.9 Å². The fraction of sp³-hybridized carbons (Fsp3) is 0.381. The summed E-state index contributed by atoms with van der Waals surface area (Å²) < 4.78 is 67.3. The summed E-state index contributed by atoms with van der Waals surface area (Å²) >= 11 is 0. The highest BCUT2D eigenvalue weighted by atomic mass is 32.2. The van der Waals surface area contributed by atoms with Crippen LogP contribution < -0.4 is 4.72 Å². The minimum absolute atomic E-state index is 0.00337. The first-order valence-electron chi connectivity index (χ1n) is 10.2. The summed E-state index contributed by atoms with van der Waals surface area (Å²) in [6.07, 6.45) is 0.417. The van der Waals surface area contributed by atoms with E-state index in [0.29, 0.717) is 18.5 Å². The first-order chi connectivity index (χ1) is 15.1. The standard InChI is InChI=1S/C21H26FN3O5S2/c1-3-23-31(27,28)19-8-5-16(2)20(15-19)21(26)24-11-4-12-25(14-13-24)32(29,30)18-9-6-17(22)7-10-18/h5-10,15,23H,3-4,11-14H2,1-2H3. The van der Waals surface area contributed by atoms with Crippen molar-refractivity contribution in [1.29, 1.82) is 0 Å². The molecule has 2 aromatic rings. The van der Waals surface area contributed by atoms with Crippen LogP contribution in [0.25, 0.3) is 0 Å². The Labute approximate surface area is 188 Å². The summed E-state index contributed by atoms with van der Waals surface area (Å²) in [7, 11) is -7.53. The molecule has 32 heavy (non-hydrogen) atoms. The van der Waals surface area contributed by atoms with Gasteiger partial charge in [-0.1, -0.05) is 13.0 Å². The van der Waals surface area contributed by atoms with Crippen LogP contribution in [0.3, 0.4) is 0 Å². The molecule has 0 unspecified atom stereocenters. The smallest absolute Gasteiger partial charge is 0.254 e. The van der Waals surface area contributed by atoms with E-state index in [-0.39, 0.29) is 47.4 Å². The summed E-state index contributed by atoms with van der Waals surface area (Å²) in [6, 6.07) is 9.02. The van der Waals surface area contributed by atoms with Crippen LogP contribution in [-0.2, 0) is 20.0 Å². The van der Waals surface area contributed by atoms with Gasteiger partial charge in [-0.05, 0) is 55.3 Å². The van der Waals surface area contributed by atoms with E-state index >= 15 is 0 Å². The van der Waals surface area contributed by atoms with Crippen molar-refractivity contribution in [1.82, 2.24) is 13.9 Å². The molecule has 2 aromatic carbocycles. The second-order valence-electron chi connectivity index (χ2n) is 7.48. The van der Waals surface area contributed by atoms with Gasteiger partial charge >= 0.3 is 0 Å². The largest absolute Gasteiger partial charge is 0.337 e. The fourth-order valence-corrected chi connectivity index (χ4v) is 6.07. The van der Waals surface area contributed by atoms with Crippen molar-refractivity contribution >= 4 is 26.0 Å². The Kier molecular flexibility index (Phi) is 7.33. The second kappa shape index (κ2) is 9.65. The number of carbonyl (C=O) groups is 1. The molecule has 0 atom stereocenters. The Morgan fingerprint density at radius 2 is 1.62 bits per heavy atom. The molecule has 11 heteroatoms. The lowest BCUT2D eigenvalue weighted by molar-refractivity contribution is 0.0763. The number of amides is 1. The molecular formula is C21H26FN3O5S2. The average molecular weight is 484 g/mol. The monoisotopic (exact) mass is 483 g/mol. The number of nitrogens with zero attached hydrogens (tertiary/aromatic N) is 2. The number of carbonyl (C=O) groups excluding carboxylic acids is 1. The number of benzene rings is 2. The van der Waals surface area contributed by atoms with Crippen molar-refractivity contribution in [3.05, 3.63) is 59.4 Å². The summed E-state index contributed by atoms with van der Waals surface area (Å²) in [5, 5.41) is 0. The fourth-order valence-electron chi connectivity index (χ4n) is 3.54. The van der Waals surface area contributed by atoms with Crippen LogP contribution in [0, 0.1) is 12.7 Å². The molecule has 0 saturated carbocycles. The minimum Gasteiger partial charge on any atom is -0.337 e. The molecule has 0 radical (unpaired) electrons. The van der Waals surface area contributed by atoms with Gasteiger partial charge in [0.25, 0.3) is 5.91 Å². The van der Waals surface area contributed by atoms with Crippen molar-refractivity contribution < 1.29 is 26.0 Å². The van der Waals surface area contributed by atoms with E-state index < -0.39 is 25.9 Å². The van der Waals surface area contributed by atoms with Crippen molar-refractivity contribution in [2.24, 2.45) is 0 Å². The van der Waals surface area contributed by atoms with Gasteiger partial charge in [0, 0.05) is 38.3 Å². The number of nitrogens with one attached hydrogen (secondary N) is 1. The molecule has 1 amide bonds. The predicted octanol–water partition coefficient (Wildman–Crippen LogP) is 1.97. The van der Waals surface area contributed by atoms with Gasteiger partial charge in [0.2, 0.25) is 20.0 Å². The number of hydrogen-bond donors (Lipinski definition) is 1. The zero-order valence-corrected chi connectivity index (χ0v) is 19.5. The van der Waals surface area contributed by atoms with Gasteiger partial charge < -0.3 is 4.90 Å². The van der Waals surface area contributed by atoms with E-state index in [1.807, 2.05) is 0 Å². The van der Waals surface area contributed by atoms with Crippen molar-refractivity contribution in [2.75, 3.05) is 32.7 Å². The molecule has 0 aromatic heterocycles. The van der Waals surface area contributed by atoms with Crippen molar-refractivity contribution in [3.8, 4) is 0 Å². The molecule has 0 spiro atoms. The third kappa shape index (κ3) is 5.17. The van der Waals surface area contributed by atoms with E-state index in [4.69, 9.17) is 0 Å². The van der Waals surface area contributed by atoms with Crippen LogP contribution in [0.15, 0.2) is 52.3 Å². The third-order valence-electron chi connectivity index (χ3n) is 5.28. The molecule has 174 valence electrons. The lowest BCUT2D eigenvalue weighted by Gasteiger charge is -2.23. The van der Waals surface area contributed by atoms with Crippen LogP contribution in [0.2, 0.25) is 0 Å². The zero-order chi connectivity index (χ0) is 23.5. The molecular weight excluding hydrogens is 457 g/mol. The summed E-state index contributed by atoms with van der Waals surface area (Å²) in [5.41, 5.74) is 0.893. The Morgan fingerprint density at radius 1 is 0.969 bits per heavy atom. The van der Waals surface area contributed by atoms with Crippen LogP contribution in [0.4, 0.5) is 4.39 Å². The Hall–Kier alpha value is -2.34. The van der Waals surface area contributed by atoms with E-state index in [1.54, 1.807) is 19.9 Å². The first-order valence-corrected chi connectivity index (χ1v) is 13.1. The molecule has 1 fully saturated rings. The molecule has 1 saturated heterocycles. The van der Waals surface area contributed by atoms with E-state index in [2.05, 4.69) is 4.72 Å². The summed E-state index contributed by atoms with van der Waals surface area (Å²) in [4.78, 5) is 14.7. The highest BCUT2D eigenvalue weighted by Crippen LogP contribution is 2.21. The number of rotatable bonds is 6. The molecule has 1 aliphatic heterocycles. The summed E-state index contributed by atoms with van der Waals surface area (Å²) in [5.74, 6) is -0.873. The molecule has 0 aliphatic carbocycles. The Bertz CT molecular complexity index is 1200. The minimum atomic E-state index is -3.82. The molecule has 1 heterocycles. The average Bonchev–Trinajstić information content (AvgIpc) is 3.00. The predicted molar refractivity (Wildman–Crippen MR) is 118 cm³/mol. The Balaban J connectivity index is 1.80. The normalized spacial score (nSPS) is 16.0. The SMILES string of the molecule is CCNS(=O)(=O)c1ccc(C)c(C(=O)N2CCCN(S(=O)(=O)c3ccc(F)cc3)CC2)c1. The number of hydrogen-bond acceptors (Lipinski definition) is 5. The van der Waals surface area contributed by atoms with Gasteiger partial charge in [0.1, 0.15) is 5.82 Å². The Morgan fingerprint density at radius 3 is 2.28 bits per heavy atom. The van der Waals surface area contributed by atoms with E-state index in [9.17, 15) is 26.0 Å². The van der Waals surface area contributed by atoms with Gasteiger partial charge in [0.15, 0.2) is 0 Å².